The second-order valence-corrected chi connectivity index (χ2v) is 10.7. The molecule has 4 rings (SSSR count). The van der Waals surface area contributed by atoms with E-state index >= 15 is 0 Å². The molecule has 5 nitrogen and oxygen atoms in total. The largest absolute Gasteiger partial charge is 0.492 e. The van der Waals surface area contributed by atoms with Crippen molar-refractivity contribution in [3.63, 3.8) is 0 Å². The number of ether oxygens (including phenoxy) is 3. The van der Waals surface area contributed by atoms with Gasteiger partial charge in [0.2, 0.25) is 0 Å². The maximum absolute atomic E-state index is 12.1. The maximum Gasteiger partial charge on any atom is 0.335 e. The summed E-state index contributed by atoms with van der Waals surface area (Å²) in [5.74, 6) is 0.490. The summed E-state index contributed by atoms with van der Waals surface area (Å²) < 4.78 is 16.6. The van der Waals surface area contributed by atoms with Crippen LogP contribution in [0.1, 0.15) is 72.2 Å². The molecule has 0 N–H and O–H groups in total. The Bertz CT molecular complexity index is 1250. The number of rotatable bonds is 13. The fourth-order valence-corrected chi connectivity index (χ4v) is 5.72. The van der Waals surface area contributed by atoms with Gasteiger partial charge in [0.15, 0.2) is 6.10 Å². The first-order chi connectivity index (χ1) is 19.5. The summed E-state index contributed by atoms with van der Waals surface area (Å²) in [6, 6.07) is 22.3. The highest BCUT2D eigenvalue weighted by Gasteiger charge is 2.27. The molecule has 3 aromatic carbocycles. The Morgan fingerprint density at radius 3 is 2.33 bits per heavy atom. The molecule has 3 aromatic rings. The molecule has 40 heavy (non-hydrogen) atoms. The zero-order valence-corrected chi connectivity index (χ0v) is 24.9. The molecular weight excluding hydrogens is 498 g/mol. The lowest BCUT2D eigenvalue weighted by molar-refractivity contribution is -0.154. The van der Waals surface area contributed by atoms with E-state index in [0.717, 1.165) is 50.0 Å². The minimum absolute atomic E-state index is 0.204. The van der Waals surface area contributed by atoms with Crippen molar-refractivity contribution in [1.29, 1.82) is 0 Å². The van der Waals surface area contributed by atoms with Crippen molar-refractivity contribution in [3.05, 3.63) is 99.6 Å². The maximum atomic E-state index is 12.1. The van der Waals surface area contributed by atoms with Crippen molar-refractivity contribution in [2.75, 3.05) is 33.9 Å². The van der Waals surface area contributed by atoms with Gasteiger partial charge in [0.1, 0.15) is 12.4 Å². The van der Waals surface area contributed by atoms with Crippen LogP contribution in [-0.4, -0.2) is 50.9 Å². The van der Waals surface area contributed by atoms with Crippen LogP contribution in [0.3, 0.4) is 0 Å². The lowest BCUT2D eigenvalue weighted by Gasteiger charge is -2.31. The standard InChI is InChI=1S/C35H45NO4/c1-6-9-26-10-14-28-15-16-29-22-25(7-2)13-19-31(29)34(32(28)23-26)36(4)20-21-40-30-17-11-27(12-18-30)24-33(38-5)35(37)39-8-3/h10-14,17-19,22-23,33-34H,6-9,15-16,20-21,24H2,1-5H3. The van der Waals surface area contributed by atoms with E-state index in [1.165, 1.54) is 40.5 Å². The molecule has 0 aromatic heterocycles. The molecule has 0 fully saturated rings. The number of esters is 1. The Morgan fingerprint density at radius 2 is 1.62 bits per heavy atom. The van der Waals surface area contributed by atoms with Crippen LogP contribution in [0.25, 0.3) is 0 Å². The Labute approximate surface area is 240 Å². The third-order valence-corrected chi connectivity index (χ3v) is 7.95. The summed E-state index contributed by atoms with van der Waals surface area (Å²) in [5.41, 5.74) is 9.62. The van der Waals surface area contributed by atoms with Gasteiger partial charge in [-0.25, -0.2) is 4.79 Å². The van der Waals surface area contributed by atoms with Crippen LogP contribution < -0.4 is 4.74 Å². The van der Waals surface area contributed by atoms with Crippen LogP contribution >= 0.6 is 0 Å². The minimum Gasteiger partial charge on any atom is -0.492 e. The van der Waals surface area contributed by atoms with Crippen LogP contribution in [0.2, 0.25) is 0 Å². The zero-order chi connectivity index (χ0) is 28.5. The molecular formula is C35H45NO4. The predicted octanol–water partition coefficient (Wildman–Crippen LogP) is 6.52. The van der Waals surface area contributed by atoms with Gasteiger partial charge in [-0.2, -0.15) is 0 Å². The van der Waals surface area contributed by atoms with Crippen LogP contribution in [0.15, 0.2) is 60.7 Å². The van der Waals surface area contributed by atoms with Crippen molar-refractivity contribution in [2.45, 2.75) is 71.4 Å². The van der Waals surface area contributed by atoms with Gasteiger partial charge in [-0.15, -0.1) is 0 Å². The topological polar surface area (TPSA) is 48.0 Å². The Hall–Kier alpha value is -3.15. The van der Waals surface area contributed by atoms with Crippen molar-refractivity contribution in [2.24, 2.45) is 0 Å². The van der Waals surface area contributed by atoms with Gasteiger partial charge in [0.05, 0.1) is 12.6 Å². The van der Waals surface area contributed by atoms with E-state index in [2.05, 4.69) is 62.2 Å². The number of carbonyl (C=O) groups is 1. The minimum atomic E-state index is -0.600. The lowest BCUT2D eigenvalue weighted by Crippen LogP contribution is -2.30. The number of fused-ring (bicyclic) bond motifs is 2. The fourth-order valence-electron chi connectivity index (χ4n) is 5.72. The van der Waals surface area contributed by atoms with Crippen LogP contribution in [0, 0.1) is 0 Å². The van der Waals surface area contributed by atoms with Crippen LogP contribution in [-0.2, 0) is 46.4 Å². The first kappa shape index (κ1) is 29.8. The van der Waals surface area contributed by atoms with Gasteiger partial charge in [0.25, 0.3) is 0 Å². The van der Waals surface area contributed by atoms with E-state index in [1.807, 2.05) is 24.3 Å². The van der Waals surface area contributed by atoms with Crippen molar-refractivity contribution in [3.8, 4) is 5.75 Å². The van der Waals surface area contributed by atoms with Crippen molar-refractivity contribution >= 4 is 5.97 Å². The van der Waals surface area contributed by atoms with E-state index in [1.54, 1.807) is 6.92 Å². The number of aryl methyl sites for hydroxylation is 4. The summed E-state index contributed by atoms with van der Waals surface area (Å²) in [6.07, 6.45) is 5.34. The molecule has 1 aliphatic rings. The highest BCUT2D eigenvalue weighted by molar-refractivity contribution is 5.75. The summed E-state index contributed by atoms with van der Waals surface area (Å²) in [4.78, 5) is 14.5. The summed E-state index contributed by atoms with van der Waals surface area (Å²) in [6.45, 7) is 8.01. The predicted molar refractivity (Wildman–Crippen MR) is 161 cm³/mol. The summed E-state index contributed by atoms with van der Waals surface area (Å²) in [7, 11) is 3.75. The zero-order valence-electron chi connectivity index (χ0n) is 24.9. The second-order valence-electron chi connectivity index (χ2n) is 10.7. The monoisotopic (exact) mass is 543 g/mol. The third-order valence-electron chi connectivity index (χ3n) is 7.95. The van der Waals surface area contributed by atoms with Gasteiger partial charge in [-0.1, -0.05) is 68.8 Å². The van der Waals surface area contributed by atoms with Crippen LogP contribution in [0.4, 0.5) is 0 Å². The first-order valence-electron chi connectivity index (χ1n) is 14.8. The number of hydrogen-bond acceptors (Lipinski definition) is 5. The number of likely N-dealkylation sites (N-methyl/N-ethyl adjacent to an activating group) is 1. The molecule has 2 unspecified atom stereocenters. The smallest absolute Gasteiger partial charge is 0.335 e. The van der Waals surface area contributed by atoms with Gasteiger partial charge < -0.3 is 14.2 Å². The van der Waals surface area contributed by atoms with Gasteiger partial charge in [-0.05, 0) is 90.7 Å². The average Bonchev–Trinajstić information content (AvgIpc) is 3.13. The Balaban J connectivity index is 1.46. The first-order valence-corrected chi connectivity index (χ1v) is 14.8. The van der Waals surface area contributed by atoms with Crippen molar-refractivity contribution in [1.82, 2.24) is 4.90 Å². The molecule has 0 bridgehead atoms. The normalized spacial score (nSPS) is 15.2. The van der Waals surface area contributed by atoms with Crippen LogP contribution in [0.5, 0.6) is 5.75 Å². The number of methoxy groups -OCH3 is 1. The molecule has 0 spiro atoms. The fraction of sp³-hybridized carbons (Fsp3) is 0.457. The highest BCUT2D eigenvalue weighted by Crippen LogP contribution is 2.37. The molecule has 0 amide bonds. The van der Waals surface area contributed by atoms with Gasteiger partial charge >= 0.3 is 5.97 Å². The van der Waals surface area contributed by atoms with Gasteiger partial charge in [-0.3, -0.25) is 4.90 Å². The molecule has 0 saturated carbocycles. The molecule has 0 saturated heterocycles. The Morgan fingerprint density at radius 1 is 0.900 bits per heavy atom. The molecule has 5 heteroatoms. The number of benzene rings is 3. The van der Waals surface area contributed by atoms with E-state index in [-0.39, 0.29) is 12.0 Å². The molecule has 0 heterocycles. The summed E-state index contributed by atoms with van der Waals surface area (Å²) >= 11 is 0. The molecule has 214 valence electrons. The lowest BCUT2D eigenvalue weighted by atomic mass is 9.90. The second kappa shape index (κ2) is 14.5. The highest BCUT2D eigenvalue weighted by atomic mass is 16.6. The number of nitrogens with zero attached hydrogens (tertiary/aromatic N) is 1. The molecule has 2 atom stereocenters. The van der Waals surface area contributed by atoms with E-state index in [4.69, 9.17) is 14.2 Å². The number of carbonyl (C=O) groups excluding carboxylic acids is 1. The Kier molecular flexibility index (Phi) is 10.8. The SMILES string of the molecule is CCCc1ccc2c(c1)C(N(C)CCOc1ccc(CC(OC)C(=O)OCC)cc1)c1ccc(CC)cc1CC2. The molecule has 0 radical (unpaired) electrons. The van der Waals surface area contributed by atoms with Crippen molar-refractivity contribution < 1.29 is 19.0 Å². The van der Waals surface area contributed by atoms with Gasteiger partial charge in [0, 0.05) is 20.1 Å². The van der Waals surface area contributed by atoms with E-state index < -0.39 is 6.10 Å². The average molecular weight is 544 g/mol. The van der Waals surface area contributed by atoms with E-state index in [0.29, 0.717) is 19.6 Å². The van der Waals surface area contributed by atoms with E-state index in [9.17, 15) is 4.79 Å². The molecule has 1 aliphatic carbocycles. The summed E-state index contributed by atoms with van der Waals surface area (Å²) in [5, 5.41) is 0. The molecule has 0 aliphatic heterocycles. The number of hydrogen-bond donors (Lipinski definition) is 0. The third kappa shape index (κ3) is 7.32. The quantitative estimate of drug-likeness (QED) is 0.230.